The van der Waals surface area contributed by atoms with E-state index in [9.17, 15) is 29.1 Å². The molecule has 0 aliphatic heterocycles. The van der Waals surface area contributed by atoms with Gasteiger partial charge in [-0.15, -0.1) is 0 Å². The Morgan fingerprint density at radius 1 is 0.558 bits per heavy atom. The van der Waals surface area contributed by atoms with Crippen LogP contribution < -0.4 is 9.79 Å². The standard InChI is InChI=1S/2C16H27O4P.Be/c2*1-15(2,3)12-8-11(10-21(18,19)20-7)9-13(14(12)17)16(4,5)6;/h2*8-9,17H,10H2,1-7H3,(H,18,19);/q;;+2/p-2. The molecule has 0 aromatic heterocycles. The summed E-state index contributed by atoms with van der Waals surface area (Å²) < 4.78 is 32.6. The SMILES string of the molecule is COP(=O)([O-])Cc1cc(C(C)(C)C)c(O)c(C(C)(C)C)c1.COP(=O)([O-])Cc1cc(C(C)(C)C)c(O)c(C(C)(C)C)c1.[Be+2]. The third-order valence-electron chi connectivity index (χ3n) is 6.88. The minimum atomic E-state index is -3.89. The maximum Gasteiger partial charge on any atom is 2.00 e. The van der Waals surface area contributed by atoms with E-state index in [1.165, 1.54) is 14.2 Å². The van der Waals surface area contributed by atoms with Crippen LogP contribution in [0.3, 0.4) is 0 Å². The minimum Gasteiger partial charge on any atom is -0.778 e. The number of phenols is 2. The van der Waals surface area contributed by atoms with Gasteiger partial charge in [0.15, 0.2) is 0 Å². The fourth-order valence-electron chi connectivity index (χ4n) is 4.43. The van der Waals surface area contributed by atoms with Gasteiger partial charge in [-0.05, 0) is 55.0 Å². The first-order valence-electron chi connectivity index (χ1n) is 14.0. The van der Waals surface area contributed by atoms with Crippen LogP contribution in [0, 0.1) is 0 Å². The molecule has 2 aromatic carbocycles. The second kappa shape index (κ2) is 14.3. The predicted octanol–water partition coefficient (Wildman–Crippen LogP) is 6.99. The van der Waals surface area contributed by atoms with Gasteiger partial charge in [0.25, 0.3) is 0 Å². The molecule has 0 fully saturated rings. The van der Waals surface area contributed by atoms with E-state index in [1.807, 2.05) is 83.1 Å². The Kier molecular flexibility index (Phi) is 13.8. The number of hydrogen-bond acceptors (Lipinski definition) is 8. The van der Waals surface area contributed by atoms with E-state index in [2.05, 4.69) is 9.05 Å². The van der Waals surface area contributed by atoms with E-state index in [0.29, 0.717) is 11.1 Å². The summed E-state index contributed by atoms with van der Waals surface area (Å²) in [5, 5.41) is 21.1. The largest absolute Gasteiger partial charge is 2.00 e. The number of aromatic hydroxyl groups is 2. The number of hydrogen-bond donors (Lipinski definition) is 2. The van der Waals surface area contributed by atoms with E-state index >= 15 is 0 Å². The zero-order chi connectivity index (χ0) is 33.3. The molecule has 2 N–H and O–H groups in total. The normalized spacial score (nSPS) is 15.4. The monoisotopic (exact) mass is 635 g/mol. The summed E-state index contributed by atoms with van der Waals surface area (Å²) in [6, 6.07) is 7.03. The summed E-state index contributed by atoms with van der Waals surface area (Å²) in [5.41, 5.74) is 3.18. The van der Waals surface area contributed by atoms with Crippen LogP contribution in [-0.2, 0) is 52.2 Å². The zero-order valence-corrected chi connectivity index (χ0v) is 30.5. The third kappa shape index (κ3) is 12.1. The van der Waals surface area contributed by atoms with Crippen molar-refractivity contribution in [3.05, 3.63) is 57.6 Å². The van der Waals surface area contributed by atoms with Crippen molar-refractivity contribution < 1.29 is 38.2 Å². The van der Waals surface area contributed by atoms with Gasteiger partial charge in [0.05, 0.1) is 0 Å². The van der Waals surface area contributed by atoms with Crippen LogP contribution in [0.25, 0.3) is 0 Å². The van der Waals surface area contributed by atoms with Crippen molar-refractivity contribution in [3.8, 4) is 11.5 Å². The molecule has 0 aliphatic rings. The Morgan fingerprint density at radius 2 is 0.744 bits per heavy atom. The molecule has 2 unspecified atom stereocenters. The second-order valence-corrected chi connectivity index (χ2v) is 18.8. The summed E-state index contributed by atoms with van der Waals surface area (Å²) in [6.45, 7) is 23.9. The third-order valence-corrected chi connectivity index (χ3v) is 9.50. The first-order chi connectivity index (χ1) is 18.6. The van der Waals surface area contributed by atoms with Gasteiger partial charge in [0, 0.05) is 26.5 Å². The first-order valence-corrected chi connectivity index (χ1v) is 17.5. The predicted molar refractivity (Wildman–Crippen MR) is 173 cm³/mol. The van der Waals surface area contributed by atoms with Crippen molar-refractivity contribution in [2.75, 3.05) is 14.2 Å². The Labute approximate surface area is 263 Å². The van der Waals surface area contributed by atoms with Gasteiger partial charge >= 0.3 is 10.1 Å². The summed E-state index contributed by atoms with van der Waals surface area (Å²) in [5.74, 6) is 0.494. The Balaban J connectivity index is 0.000000802. The fourth-order valence-corrected chi connectivity index (χ4v) is 5.95. The molecule has 0 saturated carbocycles. The van der Waals surface area contributed by atoms with Crippen LogP contribution in [0.15, 0.2) is 24.3 Å². The van der Waals surface area contributed by atoms with Crippen LogP contribution in [0.5, 0.6) is 11.5 Å². The Hall–Kier alpha value is -1.49. The molecule has 2 aromatic rings. The second-order valence-electron chi connectivity index (χ2n) is 15.0. The molecule has 43 heavy (non-hydrogen) atoms. The van der Waals surface area contributed by atoms with E-state index in [0.717, 1.165) is 22.3 Å². The van der Waals surface area contributed by atoms with Crippen molar-refractivity contribution in [2.45, 2.75) is 117 Å². The average molecular weight is 636 g/mol. The smallest absolute Gasteiger partial charge is 0.778 e. The molecule has 0 spiro atoms. The molecular formula is C32H52BeO8P2. The molecule has 11 heteroatoms. The van der Waals surface area contributed by atoms with E-state index in [1.54, 1.807) is 24.3 Å². The maximum atomic E-state index is 11.7. The molecule has 0 aliphatic carbocycles. The molecule has 0 amide bonds. The average Bonchev–Trinajstić information content (AvgIpc) is 2.78. The van der Waals surface area contributed by atoms with Gasteiger partial charge in [-0.25, -0.2) is 0 Å². The van der Waals surface area contributed by atoms with E-state index in [-0.39, 0.29) is 55.6 Å². The molecule has 2 rings (SSSR count). The summed E-state index contributed by atoms with van der Waals surface area (Å²) in [7, 11) is -5.43. The van der Waals surface area contributed by atoms with Crippen molar-refractivity contribution in [3.63, 3.8) is 0 Å². The van der Waals surface area contributed by atoms with E-state index < -0.39 is 15.2 Å². The van der Waals surface area contributed by atoms with Crippen LogP contribution in [0.2, 0.25) is 0 Å². The topological polar surface area (TPSA) is 139 Å². The van der Waals surface area contributed by atoms with Gasteiger partial charge in [-0.3, -0.25) is 0 Å². The van der Waals surface area contributed by atoms with E-state index in [4.69, 9.17) is 0 Å². The van der Waals surface area contributed by atoms with Crippen LogP contribution in [0.4, 0.5) is 0 Å². The molecule has 2 atom stereocenters. The molecule has 0 bridgehead atoms. The van der Waals surface area contributed by atoms with Crippen molar-refractivity contribution in [1.29, 1.82) is 0 Å². The first kappa shape index (κ1) is 41.5. The fraction of sp³-hybridized carbons (Fsp3) is 0.625. The van der Waals surface area contributed by atoms with Gasteiger partial charge < -0.3 is 38.2 Å². The molecule has 0 saturated heterocycles. The molecule has 0 radical (unpaired) electrons. The molecule has 8 nitrogen and oxygen atoms in total. The van der Waals surface area contributed by atoms with Crippen molar-refractivity contribution in [2.24, 2.45) is 0 Å². The van der Waals surface area contributed by atoms with Crippen molar-refractivity contribution in [1.82, 2.24) is 0 Å². The molecule has 240 valence electrons. The van der Waals surface area contributed by atoms with Gasteiger partial charge in [0.2, 0.25) is 0 Å². The van der Waals surface area contributed by atoms with Gasteiger partial charge in [0.1, 0.15) is 26.7 Å². The molecular weight excluding hydrogens is 583 g/mol. The van der Waals surface area contributed by atoms with Crippen molar-refractivity contribution >= 4 is 25.3 Å². The zero-order valence-electron chi connectivity index (χ0n) is 28.7. The molecule has 0 heterocycles. The summed E-state index contributed by atoms with van der Waals surface area (Å²) >= 11 is 0. The van der Waals surface area contributed by atoms with Gasteiger partial charge in [-0.1, -0.05) is 107 Å². The summed E-state index contributed by atoms with van der Waals surface area (Å²) in [4.78, 5) is 23.4. The summed E-state index contributed by atoms with van der Waals surface area (Å²) in [6.07, 6.45) is -0.341. The van der Waals surface area contributed by atoms with Crippen LogP contribution in [-0.4, -0.2) is 34.6 Å². The number of rotatable bonds is 6. The van der Waals surface area contributed by atoms with Gasteiger partial charge in [-0.2, -0.15) is 0 Å². The Bertz CT molecular complexity index is 1170. The van der Waals surface area contributed by atoms with Crippen LogP contribution >= 0.6 is 15.2 Å². The van der Waals surface area contributed by atoms with Crippen LogP contribution in [0.1, 0.15) is 116 Å². The quantitative estimate of drug-likeness (QED) is 0.256. The number of benzene rings is 2. The maximum absolute atomic E-state index is 11.7. The Morgan fingerprint density at radius 3 is 0.884 bits per heavy atom. The minimum absolute atomic E-state index is 0. The number of phenolic OH excluding ortho intramolecular Hbond substituents is 2.